The van der Waals surface area contributed by atoms with Gasteiger partial charge in [0, 0.05) is 24.2 Å². The molecule has 1 aromatic heterocycles. The quantitative estimate of drug-likeness (QED) is 0.615. The van der Waals surface area contributed by atoms with Crippen LogP contribution in [-0.2, 0) is 14.8 Å². The number of hydrogen-bond donors (Lipinski definition) is 1. The van der Waals surface area contributed by atoms with E-state index in [9.17, 15) is 12.8 Å². The Kier molecular flexibility index (Phi) is 5.22. The summed E-state index contributed by atoms with van der Waals surface area (Å²) in [5.41, 5.74) is 2.12. The zero-order valence-electron chi connectivity index (χ0n) is 18.4. The summed E-state index contributed by atoms with van der Waals surface area (Å²) in [5, 5.41) is 8.74. The van der Waals surface area contributed by atoms with Gasteiger partial charge < -0.3 is 10.1 Å². The number of aromatic nitrogens is 2. The smallest absolute Gasteiger partial charge is 0.243 e. The van der Waals surface area contributed by atoms with Crippen LogP contribution in [0.3, 0.4) is 0 Å². The average Bonchev–Trinajstić information content (AvgIpc) is 3.52. The van der Waals surface area contributed by atoms with Gasteiger partial charge in [0.2, 0.25) is 10.0 Å². The molecule has 7 nitrogen and oxygen atoms in total. The summed E-state index contributed by atoms with van der Waals surface area (Å²) in [6.07, 6.45) is 1.79. The monoisotopic (exact) mass is 458 g/mol. The highest BCUT2D eigenvalue weighted by Crippen LogP contribution is 2.40. The minimum Gasteiger partial charge on any atom is -0.373 e. The molecule has 0 bridgehead atoms. The van der Waals surface area contributed by atoms with Crippen LogP contribution in [0.4, 0.5) is 15.9 Å². The van der Waals surface area contributed by atoms with Crippen LogP contribution in [0.15, 0.2) is 41.3 Å². The third-order valence-corrected chi connectivity index (χ3v) is 7.84. The van der Waals surface area contributed by atoms with Gasteiger partial charge in [0.1, 0.15) is 5.82 Å². The van der Waals surface area contributed by atoms with Crippen molar-refractivity contribution in [2.75, 3.05) is 18.4 Å². The molecule has 1 aliphatic heterocycles. The highest BCUT2D eigenvalue weighted by Gasteiger charge is 2.33. The zero-order chi connectivity index (χ0) is 22.6. The summed E-state index contributed by atoms with van der Waals surface area (Å²) in [6, 6.07) is 10.3. The van der Waals surface area contributed by atoms with Gasteiger partial charge in [-0.3, -0.25) is 4.68 Å². The summed E-state index contributed by atoms with van der Waals surface area (Å²) in [7, 11) is -3.68. The number of ether oxygens (including phenoxy) is 1. The molecular formula is C23H27FN4O3S. The van der Waals surface area contributed by atoms with Crippen molar-refractivity contribution < 1.29 is 17.5 Å². The number of nitrogens with zero attached hydrogens (tertiary/aromatic N) is 3. The first-order valence-corrected chi connectivity index (χ1v) is 12.4. The normalized spacial score (nSPS) is 22.4. The number of hydrogen-bond acceptors (Lipinski definition) is 5. The number of sulfonamides is 1. The van der Waals surface area contributed by atoms with Gasteiger partial charge in [-0.25, -0.2) is 12.8 Å². The Bertz CT molecular complexity index is 1280. The number of morpholine rings is 1. The predicted molar refractivity (Wildman–Crippen MR) is 121 cm³/mol. The molecule has 2 fully saturated rings. The van der Waals surface area contributed by atoms with E-state index in [2.05, 4.69) is 5.32 Å². The molecule has 0 radical (unpaired) electrons. The van der Waals surface area contributed by atoms with Crippen LogP contribution in [0.25, 0.3) is 10.9 Å². The summed E-state index contributed by atoms with van der Waals surface area (Å²) >= 11 is 0. The number of aryl methyl sites for hydroxylation is 1. The fourth-order valence-electron chi connectivity index (χ4n) is 4.31. The lowest BCUT2D eigenvalue weighted by Crippen LogP contribution is -2.48. The van der Waals surface area contributed by atoms with E-state index in [0.717, 1.165) is 23.7 Å². The molecule has 1 aliphatic carbocycles. The van der Waals surface area contributed by atoms with E-state index >= 15 is 0 Å². The van der Waals surface area contributed by atoms with Crippen LogP contribution < -0.4 is 5.32 Å². The molecule has 2 heterocycles. The minimum absolute atomic E-state index is 0.159. The SMILES string of the molecule is Cc1cc(Nc2nn(C3CC3)c3ccc(S(=O)(=O)N4C[C@@H](C)O[C@@H](C)C4)cc23)ccc1F. The molecule has 1 saturated carbocycles. The second-order valence-electron chi connectivity index (χ2n) is 8.87. The standard InChI is InChI=1S/C23H27FN4O3S/c1-14-10-17(4-8-21(14)24)25-23-20-11-19(7-9-22(20)28(26-23)18-5-6-18)32(29,30)27-12-15(2)31-16(3)13-27/h4,7-11,15-16,18H,5-6,12-13H2,1-3H3,(H,25,26)/t15-,16+. The molecule has 9 heteroatoms. The topological polar surface area (TPSA) is 76.5 Å². The maximum absolute atomic E-state index is 13.7. The summed E-state index contributed by atoms with van der Waals surface area (Å²) in [5.74, 6) is 0.296. The van der Waals surface area contributed by atoms with Crippen LogP contribution in [0, 0.1) is 12.7 Å². The molecule has 0 unspecified atom stereocenters. The molecule has 1 saturated heterocycles. The lowest BCUT2D eigenvalue weighted by molar-refractivity contribution is -0.0440. The zero-order valence-corrected chi connectivity index (χ0v) is 19.2. The van der Waals surface area contributed by atoms with Gasteiger partial charge in [-0.2, -0.15) is 9.40 Å². The number of fused-ring (bicyclic) bond motifs is 1. The molecule has 170 valence electrons. The molecule has 3 aromatic rings. The highest BCUT2D eigenvalue weighted by atomic mass is 32.2. The van der Waals surface area contributed by atoms with Gasteiger partial charge in [0.25, 0.3) is 0 Å². The Morgan fingerprint density at radius 1 is 1.09 bits per heavy atom. The minimum atomic E-state index is -3.68. The van der Waals surface area contributed by atoms with E-state index in [1.165, 1.54) is 10.4 Å². The molecule has 2 aromatic carbocycles. The second-order valence-corrected chi connectivity index (χ2v) is 10.8. The fraction of sp³-hybridized carbons (Fsp3) is 0.435. The van der Waals surface area contributed by atoms with Crippen LogP contribution >= 0.6 is 0 Å². The van der Waals surface area contributed by atoms with Crippen molar-refractivity contribution in [3.63, 3.8) is 0 Å². The maximum Gasteiger partial charge on any atom is 0.243 e. The average molecular weight is 459 g/mol. The van der Waals surface area contributed by atoms with Gasteiger partial charge in [-0.1, -0.05) is 0 Å². The predicted octanol–water partition coefficient (Wildman–Crippen LogP) is 4.36. The van der Waals surface area contributed by atoms with Crippen molar-refractivity contribution in [2.45, 2.75) is 56.8 Å². The summed E-state index contributed by atoms with van der Waals surface area (Å²) < 4.78 is 49.7. The van der Waals surface area contributed by atoms with E-state index in [1.54, 1.807) is 31.2 Å². The molecule has 0 spiro atoms. The number of nitrogens with one attached hydrogen (secondary N) is 1. The molecule has 0 amide bonds. The van der Waals surface area contributed by atoms with E-state index < -0.39 is 10.0 Å². The highest BCUT2D eigenvalue weighted by molar-refractivity contribution is 7.89. The van der Waals surface area contributed by atoms with Crippen molar-refractivity contribution >= 4 is 32.4 Å². The Hall–Kier alpha value is -2.49. The number of anilines is 2. The molecule has 2 atom stereocenters. The second kappa shape index (κ2) is 7.83. The number of rotatable bonds is 5. The third-order valence-electron chi connectivity index (χ3n) is 6.02. The number of halogens is 1. The van der Waals surface area contributed by atoms with Crippen molar-refractivity contribution in [3.8, 4) is 0 Å². The van der Waals surface area contributed by atoms with E-state index in [0.29, 0.717) is 36.2 Å². The molecule has 5 rings (SSSR count). The van der Waals surface area contributed by atoms with Crippen LogP contribution in [-0.4, -0.2) is 47.8 Å². The van der Waals surface area contributed by atoms with E-state index in [-0.39, 0.29) is 22.9 Å². The van der Waals surface area contributed by atoms with Crippen molar-refractivity contribution in [2.24, 2.45) is 0 Å². The van der Waals surface area contributed by atoms with Crippen LogP contribution in [0.5, 0.6) is 0 Å². The lowest BCUT2D eigenvalue weighted by Gasteiger charge is -2.34. The van der Waals surface area contributed by atoms with Gasteiger partial charge in [-0.15, -0.1) is 0 Å². The number of benzene rings is 2. The fourth-order valence-corrected chi connectivity index (χ4v) is 5.92. The largest absolute Gasteiger partial charge is 0.373 e. The first-order chi connectivity index (χ1) is 15.2. The molecule has 2 aliphatic rings. The van der Waals surface area contributed by atoms with Crippen molar-refractivity contribution in [1.82, 2.24) is 14.1 Å². The summed E-state index contributed by atoms with van der Waals surface area (Å²) in [4.78, 5) is 0.236. The first-order valence-electron chi connectivity index (χ1n) is 10.9. The van der Waals surface area contributed by atoms with E-state index in [1.807, 2.05) is 24.6 Å². The molecule has 1 N–H and O–H groups in total. The first kappa shape index (κ1) is 21.4. The van der Waals surface area contributed by atoms with Gasteiger partial charge in [0.15, 0.2) is 5.82 Å². The Balaban J connectivity index is 1.56. The Morgan fingerprint density at radius 2 is 1.81 bits per heavy atom. The Labute approximate surface area is 187 Å². The molecular weight excluding hydrogens is 431 g/mol. The summed E-state index contributed by atoms with van der Waals surface area (Å²) in [6.45, 7) is 6.12. The lowest BCUT2D eigenvalue weighted by atomic mass is 10.2. The maximum atomic E-state index is 13.7. The van der Waals surface area contributed by atoms with E-state index in [4.69, 9.17) is 9.84 Å². The van der Waals surface area contributed by atoms with Gasteiger partial charge >= 0.3 is 0 Å². The third kappa shape index (κ3) is 3.89. The van der Waals surface area contributed by atoms with Gasteiger partial charge in [-0.05, 0) is 75.6 Å². The van der Waals surface area contributed by atoms with Crippen molar-refractivity contribution in [3.05, 3.63) is 47.8 Å². The Morgan fingerprint density at radius 3 is 2.47 bits per heavy atom. The van der Waals surface area contributed by atoms with Crippen molar-refractivity contribution in [1.29, 1.82) is 0 Å². The van der Waals surface area contributed by atoms with Gasteiger partial charge in [0.05, 0.1) is 28.7 Å². The molecule has 32 heavy (non-hydrogen) atoms. The van der Waals surface area contributed by atoms with Crippen LogP contribution in [0.2, 0.25) is 0 Å². The van der Waals surface area contributed by atoms with Crippen LogP contribution in [0.1, 0.15) is 38.3 Å².